The number of anilines is 1. The molecule has 4 aromatic rings. The number of hydrogen-bond donors (Lipinski definition) is 2. The smallest absolute Gasteiger partial charge is 0.322 e. The molecule has 0 amide bonds. The van der Waals surface area contributed by atoms with Crippen LogP contribution in [0.3, 0.4) is 0 Å². The summed E-state index contributed by atoms with van der Waals surface area (Å²) >= 11 is 1.16. The molecule has 2 N–H and O–H groups in total. The van der Waals surface area contributed by atoms with E-state index in [9.17, 15) is 13.2 Å². The van der Waals surface area contributed by atoms with Crippen LogP contribution in [0.4, 0.5) is 5.82 Å². The molecule has 37 heavy (non-hydrogen) atoms. The first-order chi connectivity index (χ1) is 17.8. The highest BCUT2D eigenvalue weighted by molar-refractivity contribution is 7.91. The van der Waals surface area contributed by atoms with Gasteiger partial charge in [-0.05, 0) is 59.3 Å². The number of carboxylic acid groups (broad SMARTS) is 1. The van der Waals surface area contributed by atoms with Crippen molar-refractivity contribution in [3.63, 3.8) is 0 Å². The van der Waals surface area contributed by atoms with Gasteiger partial charge in [-0.3, -0.25) is 4.79 Å². The van der Waals surface area contributed by atoms with Gasteiger partial charge in [-0.1, -0.05) is 54.5 Å². The highest BCUT2D eigenvalue weighted by Crippen LogP contribution is 2.26. The van der Waals surface area contributed by atoms with E-state index in [1.165, 1.54) is 4.31 Å². The van der Waals surface area contributed by atoms with Crippen LogP contribution in [0.5, 0.6) is 0 Å². The molecule has 4 rings (SSSR count). The topological polar surface area (TPSA) is 99.6 Å². The van der Waals surface area contributed by atoms with Crippen molar-refractivity contribution in [3.05, 3.63) is 101 Å². The van der Waals surface area contributed by atoms with E-state index in [1.54, 1.807) is 42.6 Å². The van der Waals surface area contributed by atoms with Gasteiger partial charge >= 0.3 is 5.97 Å². The number of rotatable bonds is 10. The second kappa shape index (κ2) is 11.8. The van der Waals surface area contributed by atoms with Gasteiger partial charge in [-0.2, -0.15) is 4.31 Å². The van der Waals surface area contributed by atoms with E-state index < -0.39 is 16.0 Å². The van der Waals surface area contributed by atoms with Crippen molar-refractivity contribution in [3.8, 4) is 23.0 Å². The lowest BCUT2D eigenvalue weighted by Crippen LogP contribution is -2.30. The van der Waals surface area contributed by atoms with Gasteiger partial charge in [0.2, 0.25) is 0 Å². The number of thiophene rings is 1. The number of hydrogen-bond acceptors (Lipinski definition) is 6. The number of aromatic nitrogens is 1. The summed E-state index contributed by atoms with van der Waals surface area (Å²) in [5, 5.41) is 13.4. The summed E-state index contributed by atoms with van der Waals surface area (Å²) in [5.41, 5.74) is 4.30. The number of aliphatic carboxylic acids is 1. The Hall–Kier alpha value is -3.97. The van der Waals surface area contributed by atoms with E-state index in [0.29, 0.717) is 11.5 Å². The second-order valence-corrected chi connectivity index (χ2v) is 11.2. The van der Waals surface area contributed by atoms with Gasteiger partial charge in [0.1, 0.15) is 16.6 Å². The van der Waals surface area contributed by atoms with Gasteiger partial charge in [0.15, 0.2) is 0 Å². The second-order valence-electron chi connectivity index (χ2n) is 8.12. The van der Waals surface area contributed by atoms with Crippen LogP contribution in [-0.2, 0) is 27.9 Å². The van der Waals surface area contributed by atoms with E-state index in [1.807, 2.05) is 48.5 Å². The molecule has 0 radical (unpaired) electrons. The average molecular weight is 532 g/mol. The highest BCUT2D eigenvalue weighted by atomic mass is 32.2. The van der Waals surface area contributed by atoms with Gasteiger partial charge in [0, 0.05) is 12.1 Å². The number of pyridine rings is 1. The Morgan fingerprint density at radius 1 is 1.00 bits per heavy atom. The van der Waals surface area contributed by atoms with E-state index in [2.05, 4.69) is 22.1 Å². The van der Waals surface area contributed by atoms with Crippen molar-refractivity contribution in [2.75, 3.05) is 11.9 Å². The lowest BCUT2D eigenvalue weighted by molar-refractivity contribution is -0.134. The van der Waals surface area contributed by atoms with Crippen molar-refractivity contribution >= 4 is 33.1 Å². The molecule has 2 heterocycles. The molecule has 0 saturated heterocycles. The third kappa shape index (κ3) is 6.83. The molecular formula is C28H25N3O4S2. The van der Waals surface area contributed by atoms with Gasteiger partial charge < -0.3 is 10.4 Å². The molecule has 0 unspecified atom stereocenters. The highest BCUT2D eigenvalue weighted by Gasteiger charge is 2.26. The Bertz CT molecular complexity index is 1540. The fourth-order valence-corrected chi connectivity index (χ4v) is 6.25. The normalized spacial score (nSPS) is 11.1. The molecule has 7 nitrogen and oxygen atoms in total. The van der Waals surface area contributed by atoms with Crippen LogP contribution < -0.4 is 5.32 Å². The van der Waals surface area contributed by atoms with Crippen LogP contribution in [0.25, 0.3) is 11.1 Å². The fourth-order valence-electron chi connectivity index (χ4n) is 3.70. The summed E-state index contributed by atoms with van der Waals surface area (Å²) in [7, 11) is -3.78. The third-order valence-electron chi connectivity index (χ3n) is 5.43. The van der Waals surface area contributed by atoms with Gasteiger partial charge in [-0.15, -0.1) is 17.3 Å². The zero-order chi connectivity index (χ0) is 26.3. The molecule has 188 valence electrons. The van der Waals surface area contributed by atoms with Crippen LogP contribution in [0.2, 0.25) is 0 Å². The van der Waals surface area contributed by atoms with Crippen LogP contribution in [-0.4, -0.2) is 35.3 Å². The first-order valence-corrected chi connectivity index (χ1v) is 13.7. The van der Waals surface area contributed by atoms with Crippen LogP contribution >= 0.6 is 11.3 Å². The Morgan fingerprint density at radius 3 is 2.49 bits per heavy atom. The molecule has 9 heteroatoms. The predicted octanol–water partition coefficient (Wildman–Crippen LogP) is 5.07. The lowest BCUT2D eigenvalue weighted by atomic mass is 10.0. The summed E-state index contributed by atoms with van der Waals surface area (Å²) < 4.78 is 28.6. The van der Waals surface area contributed by atoms with Crippen molar-refractivity contribution in [2.45, 2.75) is 24.2 Å². The molecule has 0 spiro atoms. The lowest BCUT2D eigenvalue weighted by Gasteiger charge is -2.22. The summed E-state index contributed by atoms with van der Waals surface area (Å²) in [4.78, 5) is 15.3. The largest absolute Gasteiger partial charge is 0.480 e. The maximum Gasteiger partial charge on any atom is 0.322 e. The minimum absolute atomic E-state index is 0.0301. The van der Waals surface area contributed by atoms with Crippen LogP contribution in [0, 0.1) is 11.8 Å². The number of sulfonamides is 1. The molecular weight excluding hydrogens is 506 g/mol. The van der Waals surface area contributed by atoms with Crippen molar-refractivity contribution in [2.24, 2.45) is 0 Å². The molecule has 0 bridgehead atoms. The van der Waals surface area contributed by atoms with Crippen molar-refractivity contribution in [1.29, 1.82) is 0 Å². The number of carboxylic acids is 1. The zero-order valence-electron chi connectivity index (χ0n) is 20.1. The summed E-state index contributed by atoms with van der Waals surface area (Å²) in [6.07, 6.45) is 0. The number of benzene rings is 2. The zero-order valence-corrected chi connectivity index (χ0v) is 21.7. The number of carbonyl (C=O) groups is 1. The minimum Gasteiger partial charge on any atom is -0.480 e. The van der Waals surface area contributed by atoms with E-state index in [4.69, 9.17) is 5.11 Å². The molecule has 2 aromatic heterocycles. The van der Waals surface area contributed by atoms with Crippen LogP contribution in [0.15, 0.2) is 88.5 Å². The quantitative estimate of drug-likeness (QED) is 0.277. The van der Waals surface area contributed by atoms with E-state index in [-0.39, 0.29) is 23.8 Å². The monoisotopic (exact) mass is 531 g/mol. The molecule has 0 atom stereocenters. The summed E-state index contributed by atoms with van der Waals surface area (Å²) in [6.45, 7) is 1.70. The van der Waals surface area contributed by atoms with Gasteiger partial charge in [0.25, 0.3) is 10.0 Å². The number of nitrogens with one attached hydrogen (secondary N) is 1. The molecule has 0 aliphatic carbocycles. The fraction of sp³-hybridized carbons (Fsp3) is 0.143. The Labute approximate surface area is 220 Å². The molecule has 0 saturated carbocycles. The predicted molar refractivity (Wildman–Crippen MR) is 146 cm³/mol. The van der Waals surface area contributed by atoms with Gasteiger partial charge in [-0.25, -0.2) is 13.4 Å². The SMILES string of the molecule is CC#Cc1cccc(-c2ccc(CN(Cc3cccc(NCC(=O)O)n3)S(=O)(=O)c3cccs3)cc2)c1. The average Bonchev–Trinajstić information content (AvgIpc) is 3.44. The Morgan fingerprint density at radius 2 is 1.78 bits per heavy atom. The van der Waals surface area contributed by atoms with Crippen molar-refractivity contribution < 1.29 is 18.3 Å². The molecule has 2 aromatic carbocycles. The molecule has 0 aliphatic rings. The maximum absolute atomic E-state index is 13.5. The number of nitrogens with zero attached hydrogens (tertiary/aromatic N) is 2. The Balaban J connectivity index is 1.59. The Kier molecular flexibility index (Phi) is 8.36. The van der Waals surface area contributed by atoms with Gasteiger partial charge in [0.05, 0.1) is 12.2 Å². The third-order valence-corrected chi connectivity index (χ3v) is 8.60. The summed E-state index contributed by atoms with van der Waals surface area (Å²) in [6, 6.07) is 24.1. The molecule has 0 aliphatic heterocycles. The van der Waals surface area contributed by atoms with E-state index in [0.717, 1.165) is 33.6 Å². The maximum atomic E-state index is 13.5. The first kappa shape index (κ1) is 26.1. The van der Waals surface area contributed by atoms with Crippen LogP contribution in [0.1, 0.15) is 23.7 Å². The standard InChI is InChI=1S/C28H25N3O4S2/c1-2-6-21-7-3-8-24(17-21)23-14-12-22(13-15-23)19-31(37(34,35)28-11-5-16-36-28)20-25-9-4-10-26(30-25)29-18-27(32)33/h3-5,7-17H,18-20H2,1H3,(H,29,30)(H,32,33). The minimum atomic E-state index is -3.78. The molecule has 0 fully saturated rings. The summed E-state index contributed by atoms with van der Waals surface area (Å²) in [5.74, 6) is 5.33. The van der Waals surface area contributed by atoms with E-state index >= 15 is 0 Å². The van der Waals surface area contributed by atoms with Crippen molar-refractivity contribution in [1.82, 2.24) is 9.29 Å². The first-order valence-electron chi connectivity index (χ1n) is 11.4.